The smallest absolute Gasteiger partial charge is 0.310 e. The van der Waals surface area contributed by atoms with Crippen molar-refractivity contribution in [1.82, 2.24) is 9.80 Å². The minimum Gasteiger partial charge on any atom is -0.481 e. The van der Waals surface area contributed by atoms with Crippen molar-refractivity contribution in [3.05, 3.63) is 47.0 Å². The highest BCUT2D eigenvalue weighted by atomic mass is 35.5. The van der Waals surface area contributed by atoms with E-state index in [9.17, 15) is 14.7 Å². The maximum Gasteiger partial charge on any atom is 0.310 e. The van der Waals surface area contributed by atoms with Gasteiger partial charge in [0.1, 0.15) is 5.92 Å². The summed E-state index contributed by atoms with van der Waals surface area (Å²) in [4.78, 5) is 28.5. The van der Waals surface area contributed by atoms with Gasteiger partial charge in [-0.2, -0.15) is 0 Å². The first kappa shape index (κ1) is 17.5. The number of fused-ring (bicyclic) bond motifs is 2. The Bertz CT molecular complexity index is 745. The molecule has 3 aliphatic heterocycles. The van der Waals surface area contributed by atoms with Crippen LogP contribution in [0.1, 0.15) is 5.56 Å². The monoisotopic (exact) mass is 376 g/mol. The fourth-order valence-electron chi connectivity index (χ4n) is 4.10. The number of carboxylic acid groups (broad SMARTS) is 1. The molecule has 4 rings (SSSR count). The number of hydrogen-bond donors (Lipinski definition) is 1. The molecule has 3 heterocycles. The van der Waals surface area contributed by atoms with Crippen LogP contribution in [0.4, 0.5) is 0 Å². The van der Waals surface area contributed by atoms with Gasteiger partial charge in [0.2, 0.25) is 5.91 Å². The van der Waals surface area contributed by atoms with Gasteiger partial charge in [-0.15, -0.1) is 0 Å². The number of ether oxygens (including phenoxy) is 1. The molecule has 7 heteroatoms. The summed E-state index contributed by atoms with van der Waals surface area (Å²) in [7, 11) is 0. The maximum absolute atomic E-state index is 12.9. The minimum absolute atomic E-state index is 0.105. The van der Waals surface area contributed by atoms with E-state index in [2.05, 4.69) is 4.90 Å². The lowest BCUT2D eigenvalue weighted by Gasteiger charge is -2.37. The average molecular weight is 377 g/mol. The Hall–Kier alpha value is -1.89. The summed E-state index contributed by atoms with van der Waals surface area (Å²) < 4.78 is 5.62. The first-order valence-corrected chi connectivity index (χ1v) is 9.23. The molecule has 26 heavy (non-hydrogen) atoms. The SMILES string of the molecule is O=C(O)[C@@H]1[C@@H](C(=O)N2CCN(Cc3ccccc3Cl)CC2)[C@H]2C=C[C@H]1O2. The van der Waals surface area contributed by atoms with Gasteiger partial charge in [-0.05, 0) is 11.6 Å². The molecule has 6 nitrogen and oxygen atoms in total. The Balaban J connectivity index is 1.37. The van der Waals surface area contributed by atoms with Crippen LogP contribution < -0.4 is 0 Å². The molecule has 0 radical (unpaired) electrons. The molecule has 3 aliphatic rings. The molecule has 1 N–H and O–H groups in total. The number of carbonyl (C=O) groups is 2. The number of carbonyl (C=O) groups excluding carboxylic acids is 1. The molecule has 0 spiro atoms. The minimum atomic E-state index is -0.961. The van der Waals surface area contributed by atoms with Crippen LogP contribution in [0.25, 0.3) is 0 Å². The second-order valence-electron chi connectivity index (χ2n) is 7.03. The molecule has 0 saturated carbocycles. The van der Waals surface area contributed by atoms with Crippen molar-refractivity contribution in [3.8, 4) is 0 Å². The van der Waals surface area contributed by atoms with Crippen LogP contribution in [0.3, 0.4) is 0 Å². The van der Waals surface area contributed by atoms with Gasteiger partial charge in [0.25, 0.3) is 0 Å². The van der Waals surface area contributed by atoms with Crippen LogP contribution in [-0.4, -0.2) is 65.2 Å². The van der Waals surface area contributed by atoms with Crippen molar-refractivity contribution in [2.45, 2.75) is 18.8 Å². The Kier molecular flexibility index (Phi) is 4.73. The van der Waals surface area contributed by atoms with E-state index in [4.69, 9.17) is 16.3 Å². The van der Waals surface area contributed by atoms with Gasteiger partial charge in [-0.1, -0.05) is 42.0 Å². The molecule has 138 valence electrons. The van der Waals surface area contributed by atoms with E-state index >= 15 is 0 Å². The Morgan fingerprint density at radius 2 is 1.73 bits per heavy atom. The maximum atomic E-state index is 12.9. The molecule has 1 amide bonds. The van der Waals surface area contributed by atoms with Crippen LogP contribution in [0.15, 0.2) is 36.4 Å². The number of piperazine rings is 1. The number of benzene rings is 1. The number of nitrogens with zero attached hydrogens (tertiary/aromatic N) is 2. The molecular formula is C19H21ClN2O4. The fourth-order valence-corrected chi connectivity index (χ4v) is 4.30. The number of carboxylic acids is 1. The van der Waals surface area contributed by atoms with E-state index in [0.29, 0.717) is 13.1 Å². The van der Waals surface area contributed by atoms with E-state index in [1.807, 2.05) is 30.3 Å². The summed E-state index contributed by atoms with van der Waals surface area (Å²) in [6.07, 6.45) is 2.69. The van der Waals surface area contributed by atoms with Crippen molar-refractivity contribution >= 4 is 23.5 Å². The van der Waals surface area contributed by atoms with Gasteiger partial charge < -0.3 is 14.7 Å². The predicted molar refractivity (Wildman–Crippen MR) is 95.7 cm³/mol. The van der Waals surface area contributed by atoms with Gasteiger partial charge in [-0.3, -0.25) is 14.5 Å². The zero-order valence-electron chi connectivity index (χ0n) is 14.3. The van der Waals surface area contributed by atoms with E-state index in [1.54, 1.807) is 11.0 Å². The Labute approximate surface area is 157 Å². The van der Waals surface area contributed by atoms with Crippen molar-refractivity contribution in [2.75, 3.05) is 26.2 Å². The van der Waals surface area contributed by atoms with Crippen molar-refractivity contribution in [2.24, 2.45) is 11.8 Å². The summed E-state index contributed by atoms with van der Waals surface area (Å²) in [5.41, 5.74) is 1.08. The third kappa shape index (κ3) is 3.13. The number of amides is 1. The van der Waals surface area contributed by atoms with Crippen molar-refractivity contribution in [1.29, 1.82) is 0 Å². The zero-order chi connectivity index (χ0) is 18.3. The molecule has 1 aromatic carbocycles. The summed E-state index contributed by atoms with van der Waals surface area (Å²) in [6, 6.07) is 7.77. The second kappa shape index (κ2) is 7.02. The van der Waals surface area contributed by atoms with Gasteiger partial charge >= 0.3 is 5.97 Å². The normalized spacial score (nSPS) is 30.7. The first-order chi connectivity index (χ1) is 12.5. The van der Waals surface area contributed by atoms with Crippen LogP contribution in [0.2, 0.25) is 5.02 Å². The van der Waals surface area contributed by atoms with Crippen LogP contribution >= 0.6 is 11.6 Å². The highest BCUT2D eigenvalue weighted by Gasteiger charge is 2.54. The van der Waals surface area contributed by atoms with Crippen molar-refractivity contribution < 1.29 is 19.4 Å². The zero-order valence-corrected chi connectivity index (χ0v) is 15.0. The van der Waals surface area contributed by atoms with Crippen molar-refractivity contribution in [3.63, 3.8) is 0 Å². The molecule has 4 atom stereocenters. The lowest BCUT2D eigenvalue weighted by atomic mass is 9.82. The molecular weight excluding hydrogens is 356 g/mol. The molecule has 0 aliphatic carbocycles. The lowest BCUT2D eigenvalue weighted by Crippen LogP contribution is -2.52. The van der Waals surface area contributed by atoms with E-state index in [0.717, 1.165) is 30.2 Å². The summed E-state index contributed by atoms with van der Waals surface area (Å²) in [6.45, 7) is 3.41. The molecule has 2 saturated heterocycles. The molecule has 0 unspecified atom stereocenters. The second-order valence-corrected chi connectivity index (χ2v) is 7.44. The number of aliphatic carboxylic acids is 1. The summed E-state index contributed by atoms with van der Waals surface area (Å²) in [5, 5.41) is 10.2. The topological polar surface area (TPSA) is 70.1 Å². The van der Waals surface area contributed by atoms with Gasteiger partial charge in [-0.25, -0.2) is 0 Å². The molecule has 1 aromatic rings. The van der Waals surface area contributed by atoms with E-state index in [1.165, 1.54) is 0 Å². The molecule has 2 bridgehead atoms. The van der Waals surface area contributed by atoms with Crippen LogP contribution in [-0.2, 0) is 20.9 Å². The molecule has 2 fully saturated rings. The predicted octanol–water partition coefficient (Wildman–Crippen LogP) is 1.64. The average Bonchev–Trinajstić information content (AvgIpc) is 3.25. The van der Waals surface area contributed by atoms with E-state index in [-0.39, 0.29) is 5.91 Å². The summed E-state index contributed by atoms with van der Waals surface area (Å²) >= 11 is 6.22. The summed E-state index contributed by atoms with van der Waals surface area (Å²) in [5.74, 6) is -2.46. The molecule has 0 aromatic heterocycles. The van der Waals surface area contributed by atoms with Gasteiger partial charge in [0, 0.05) is 37.7 Å². The van der Waals surface area contributed by atoms with E-state index < -0.39 is 30.0 Å². The third-order valence-corrected chi connectivity index (χ3v) is 5.87. The first-order valence-electron chi connectivity index (χ1n) is 8.86. The van der Waals surface area contributed by atoms with Gasteiger partial charge in [0.15, 0.2) is 0 Å². The van der Waals surface area contributed by atoms with Crippen LogP contribution in [0.5, 0.6) is 0 Å². The lowest BCUT2D eigenvalue weighted by molar-refractivity contribution is -0.150. The highest BCUT2D eigenvalue weighted by Crippen LogP contribution is 2.40. The number of halogens is 1. The van der Waals surface area contributed by atoms with Gasteiger partial charge in [0.05, 0.1) is 18.1 Å². The standard InChI is InChI=1S/C19H21ClN2O4/c20-13-4-2-1-3-12(13)11-21-7-9-22(10-8-21)18(23)16-14-5-6-15(26-14)17(16)19(24)25/h1-6,14-17H,7-11H2,(H,24,25)/t14-,15-,16+,17+/m1/s1. The number of rotatable bonds is 4. The fraction of sp³-hybridized carbons (Fsp3) is 0.474. The Morgan fingerprint density at radius 3 is 2.38 bits per heavy atom. The Morgan fingerprint density at radius 1 is 1.08 bits per heavy atom. The quantitative estimate of drug-likeness (QED) is 0.809. The highest BCUT2D eigenvalue weighted by molar-refractivity contribution is 6.31. The van der Waals surface area contributed by atoms with Crippen LogP contribution in [0, 0.1) is 11.8 Å². The number of hydrogen-bond acceptors (Lipinski definition) is 4. The third-order valence-electron chi connectivity index (χ3n) is 5.51. The largest absolute Gasteiger partial charge is 0.481 e.